The summed E-state index contributed by atoms with van der Waals surface area (Å²) in [5, 5.41) is 10.8. The van der Waals surface area contributed by atoms with Gasteiger partial charge >= 0.3 is 0 Å². The molecule has 1 atom stereocenters. The molecule has 0 bridgehead atoms. The van der Waals surface area contributed by atoms with Gasteiger partial charge < -0.3 is 5.11 Å². The van der Waals surface area contributed by atoms with Crippen molar-refractivity contribution in [1.82, 2.24) is 0 Å². The summed E-state index contributed by atoms with van der Waals surface area (Å²) < 4.78 is 0. The summed E-state index contributed by atoms with van der Waals surface area (Å²) >= 11 is 0. The van der Waals surface area contributed by atoms with Crippen molar-refractivity contribution in [3.05, 3.63) is 18.8 Å². The average molecular weight is 220 g/mol. The third kappa shape index (κ3) is 5.77. The Balaban J connectivity index is 0. The molecule has 0 aromatic carbocycles. The zero-order valence-corrected chi connectivity index (χ0v) is 11.3. The second kappa shape index (κ2) is 9.25. The van der Waals surface area contributed by atoms with Crippen molar-refractivity contribution >= 4 is 0 Å². The molecule has 1 rings (SSSR count). The normalized spacial score (nSPS) is 21.2. The molecule has 0 fully saturated rings. The van der Waals surface area contributed by atoms with Gasteiger partial charge in [0.1, 0.15) is 0 Å². The Hall–Kier alpha value is 0.163. The van der Waals surface area contributed by atoms with Gasteiger partial charge in [0.15, 0.2) is 0 Å². The van der Waals surface area contributed by atoms with Gasteiger partial charge in [-0.3, -0.25) is 0 Å². The van der Waals surface area contributed by atoms with Gasteiger partial charge in [0.25, 0.3) is 0 Å². The molecule has 0 aromatic heterocycles. The Bertz CT molecular complexity index is 121. The van der Waals surface area contributed by atoms with Crippen LogP contribution in [0.5, 0.6) is 0 Å². The Labute approximate surface area is 89.0 Å². The maximum atomic E-state index is 10.8. The molecule has 0 unspecified atom stereocenters. The van der Waals surface area contributed by atoms with Gasteiger partial charge in [-0.05, 0) is 31.6 Å². The minimum Gasteiger partial charge on any atom is -0.876 e. The smallest absolute Gasteiger partial charge is 0 e. The Morgan fingerprint density at radius 3 is 2.50 bits per heavy atom. The molecule has 0 saturated carbocycles. The van der Waals surface area contributed by atoms with Crippen LogP contribution in [0.3, 0.4) is 0 Å². The standard InChI is InChI=1S/C8H14O.C2H5.Zn/c1-2-7-4-3-5-8(9)6-7;1-2;/h6-7,9H,2-5H2,1H3;1H2,2H3;/p-1/t7-;;/m0../s1. The van der Waals surface area contributed by atoms with Crippen molar-refractivity contribution in [3.8, 4) is 0 Å². The number of rotatable bonds is 1. The molecule has 2 heteroatoms. The second-order valence-electron chi connectivity index (χ2n) is 2.69. The van der Waals surface area contributed by atoms with E-state index in [1.165, 1.54) is 6.42 Å². The average Bonchev–Trinajstić information content (AvgIpc) is 2.08. The molecule has 67 valence electrons. The van der Waals surface area contributed by atoms with Crippen LogP contribution in [0, 0.1) is 12.8 Å². The summed E-state index contributed by atoms with van der Waals surface area (Å²) in [5.41, 5.74) is 0. The van der Waals surface area contributed by atoms with Crippen molar-refractivity contribution in [1.29, 1.82) is 0 Å². The SMILES string of the molecule is CC[C@@H]1C=C([O-])CCC1.[CH2]C.[Zn]. The van der Waals surface area contributed by atoms with Crippen LogP contribution in [0.2, 0.25) is 0 Å². The van der Waals surface area contributed by atoms with E-state index in [-0.39, 0.29) is 19.5 Å². The van der Waals surface area contributed by atoms with E-state index in [9.17, 15) is 5.11 Å². The minimum absolute atomic E-state index is 0. The maximum absolute atomic E-state index is 10.8. The van der Waals surface area contributed by atoms with Gasteiger partial charge in [0.2, 0.25) is 0 Å². The zero-order valence-electron chi connectivity index (χ0n) is 8.31. The first-order valence-corrected chi connectivity index (χ1v) is 4.41. The van der Waals surface area contributed by atoms with Crippen molar-refractivity contribution in [2.24, 2.45) is 5.92 Å². The Morgan fingerprint density at radius 2 is 2.17 bits per heavy atom. The van der Waals surface area contributed by atoms with Crippen molar-refractivity contribution < 1.29 is 24.6 Å². The van der Waals surface area contributed by atoms with E-state index in [1.54, 1.807) is 6.92 Å². The molecular weight excluding hydrogens is 201 g/mol. The molecule has 12 heavy (non-hydrogen) atoms. The van der Waals surface area contributed by atoms with E-state index < -0.39 is 0 Å². The summed E-state index contributed by atoms with van der Waals surface area (Å²) in [4.78, 5) is 0. The molecular formula is C10H18OZn-. The maximum Gasteiger partial charge on any atom is 0 e. The molecule has 0 saturated heterocycles. The molecule has 1 nitrogen and oxygen atoms in total. The molecule has 0 heterocycles. The summed E-state index contributed by atoms with van der Waals surface area (Å²) in [6, 6.07) is 0. The first-order valence-electron chi connectivity index (χ1n) is 4.41. The molecule has 0 aromatic rings. The Kier molecular flexibility index (Phi) is 11.3. The van der Waals surface area contributed by atoms with Crippen LogP contribution in [0.1, 0.15) is 39.5 Å². The van der Waals surface area contributed by atoms with Crippen LogP contribution in [0.4, 0.5) is 0 Å². The van der Waals surface area contributed by atoms with E-state index in [0.717, 1.165) is 19.3 Å². The summed E-state index contributed by atoms with van der Waals surface area (Å²) in [7, 11) is 0. The van der Waals surface area contributed by atoms with E-state index in [0.29, 0.717) is 11.7 Å². The van der Waals surface area contributed by atoms with Gasteiger partial charge in [0, 0.05) is 19.5 Å². The quantitative estimate of drug-likeness (QED) is 0.621. The predicted octanol–water partition coefficient (Wildman–Crippen LogP) is 2.28. The number of hydrogen-bond donors (Lipinski definition) is 0. The molecule has 0 aliphatic heterocycles. The molecule has 0 amide bonds. The fourth-order valence-corrected chi connectivity index (χ4v) is 1.29. The number of hydrogen-bond acceptors (Lipinski definition) is 1. The molecule has 1 radical (unpaired) electrons. The van der Waals surface area contributed by atoms with E-state index >= 15 is 0 Å². The van der Waals surface area contributed by atoms with Crippen LogP contribution < -0.4 is 5.11 Å². The predicted molar refractivity (Wildman–Crippen MR) is 46.7 cm³/mol. The minimum atomic E-state index is 0. The van der Waals surface area contributed by atoms with Gasteiger partial charge in [-0.25, -0.2) is 0 Å². The Morgan fingerprint density at radius 1 is 1.58 bits per heavy atom. The van der Waals surface area contributed by atoms with Crippen molar-refractivity contribution in [2.45, 2.75) is 39.5 Å². The van der Waals surface area contributed by atoms with Crippen molar-refractivity contribution in [3.63, 3.8) is 0 Å². The van der Waals surface area contributed by atoms with Gasteiger partial charge in [-0.2, -0.15) is 0 Å². The first kappa shape index (κ1) is 14.7. The van der Waals surface area contributed by atoms with Gasteiger partial charge in [-0.1, -0.05) is 26.8 Å². The summed E-state index contributed by atoms with van der Waals surface area (Å²) in [6.07, 6.45) is 6.14. The first-order chi connectivity index (χ1) is 5.33. The molecule has 1 aliphatic carbocycles. The topological polar surface area (TPSA) is 23.1 Å². The monoisotopic (exact) mass is 218 g/mol. The van der Waals surface area contributed by atoms with E-state index in [4.69, 9.17) is 0 Å². The van der Waals surface area contributed by atoms with E-state index in [1.807, 2.05) is 6.08 Å². The summed E-state index contributed by atoms with van der Waals surface area (Å²) in [5.74, 6) is 0.944. The van der Waals surface area contributed by atoms with Crippen LogP contribution in [-0.4, -0.2) is 0 Å². The molecule has 0 N–H and O–H groups in total. The largest absolute Gasteiger partial charge is 0.876 e. The second-order valence-corrected chi connectivity index (χ2v) is 2.69. The van der Waals surface area contributed by atoms with E-state index in [2.05, 4.69) is 13.8 Å². The number of allylic oxidation sites excluding steroid dienone is 2. The fourth-order valence-electron chi connectivity index (χ4n) is 1.29. The van der Waals surface area contributed by atoms with Crippen LogP contribution in [0.25, 0.3) is 0 Å². The molecule has 1 aliphatic rings. The van der Waals surface area contributed by atoms with Crippen LogP contribution in [-0.2, 0) is 19.5 Å². The molecule has 0 spiro atoms. The van der Waals surface area contributed by atoms with Crippen LogP contribution in [0.15, 0.2) is 11.8 Å². The third-order valence-corrected chi connectivity index (χ3v) is 1.94. The van der Waals surface area contributed by atoms with Crippen molar-refractivity contribution in [2.75, 3.05) is 0 Å². The zero-order chi connectivity index (χ0) is 8.69. The third-order valence-electron chi connectivity index (χ3n) is 1.94. The van der Waals surface area contributed by atoms with Gasteiger partial charge in [0.05, 0.1) is 0 Å². The summed E-state index contributed by atoms with van der Waals surface area (Å²) in [6.45, 7) is 7.14. The fraction of sp³-hybridized carbons (Fsp3) is 0.700. The van der Waals surface area contributed by atoms with Gasteiger partial charge in [-0.15, -0.1) is 5.76 Å². The van der Waals surface area contributed by atoms with Crippen LogP contribution >= 0.6 is 0 Å².